The zero-order valence-corrected chi connectivity index (χ0v) is 64.1. The van der Waals surface area contributed by atoms with Crippen molar-refractivity contribution < 1.29 is 99.5 Å². The summed E-state index contributed by atoms with van der Waals surface area (Å²) in [5.74, 6) is -3.40. The van der Waals surface area contributed by atoms with Crippen molar-refractivity contribution in [1.29, 1.82) is 0 Å². The second-order valence-corrected chi connectivity index (χ2v) is 34.1. The Morgan fingerprint density at radius 3 is 1.05 bits per heavy atom. The van der Waals surface area contributed by atoms with Gasteiger partial charge in [0.05, 0.1) is 30.4 Å². The lowest BCUT2D eigenvalue weighted by molar-refractivity contribution is -0.438. The third-order valence-corrected chi connectivity index (χ3v) is 23.3. The first kappa shape index (κ1) is 80.9. The Kier molecular flexibility index (Phi) is 24.2. The van der Waals surface area contributed by atoms with Crippen LogP contribution in [0.4, 0.5) is 22.7 Å². The number of carbonyl (C=O) groups is 6. The van der Waals surface area contributed by atoms with Gasteiger partial charge in [-0.25, -0.2) is 9.59 Å². The molecule has 2 saturated heterocycles. The lowest BCUT2D eigenvalue weighted by Gasteiger charge is -2.25. The van der Waals surface area contributed by atoms with Gasteiger partial charge in [-0.2, -0.15) is 42.8 Å². The van der Waals surface area contributed by atoms with Crippen molar-refractivity contribution in [1.82, 2.24) is 10.1 Å². The molecule has 6 heterocycles. The number of likely N-dealkylation sites (N-methyl/N-ethyl adjacent to an activating group) is 2. The molecule has 2 fully saturated rings. The number of imide groups is 2. The highest BCUT2D eigenvalue weighted by Gasteiger charge is 2.48. The van der Waals surface area contributed by atoms with Crippen molar-refractivity contribution in [2.75, 3.05) is 36.0 Å². The zero-order valence-electron chi connectivity index (χ0n) is 60.8. The van der Waals surface area contributed by atoms with Crippen molar-refractivity contribution in [3.63, 3.8) is 0 Å². The third-order valence-electron chi connectivity index (χ3n) is 19.9. The molecule has 6 aliphatic heterocycles. The summed E-state index contributed by atoms with van der Waals surface area (Å²) in [6.45, 7) is 22.3. The summed E-state index contributed by atoms with van der Waals surface area (Å²) in [5.41, 5.74) is 7.78. The molecular formula is C76H90N6O20S4+2. The van der Waals surface area contributed by atoms with E-state index in [4.69, 9.17) is 9.68 Å². The highest BCUT2D eigenvalue weighted by atomic mass is 32.2. The summed E-state index contributed by atoms with van der Waals surface area (Å²) >= 11 is 0. The Morgan fingerprint density at radius 2 is 0.717 bits per heavy atom. The van der Waals surface area contributed by atoms with Crippen molar-refractivity contribution in [3.05, 3.63) is 179 Å². The first-order valence-electron chi connectivity index (χ1n) is 34.8. The first-order valence-corrected chi connectivity index (χ1v) is 40.6. The Morgan fingerprint density at radius 1 is 0.415 bits per heavy atom. The van der Waals surface area contributed by atoms with Crippen LogP contribution in [0, 0.1) is 0 Å². The maximum atomic E-state index is 12.3. The molecule has 30 heteroatoms. The summed E-state index contributed by atoms with van der Waals surface area (Å²) in [5, 5.41) is 1.09. The summed E-state index contributed by atoms with van der Waals surface area (Å²) in [6.07, 6.45) is 26.7. The maximum absolute atomic E-state index is 12.3. The number of fused-ring (bicyclic) bond motifs is 4. The van der Waals surface area contributed by atoms with E-state index in [1.54, 1.807) is 24.3 Å². The Bertz CT molecular complexity index is 5000. The molecular weight excluding hydrogens is 1450 g/mol. The van der Waals surface area contributed by atoms with E-state index in [1.165, 1.54) is 48.5 Å². The molecule has 0 atom stereocenters. The fraction of sp³-hybridized carbons (Fsp3) is 0.395. The van der Waals surface area contributed by atoms with E-state index in [0.717, 1.165) is 67.8 Å². The number of carbonyl (C=O) groups excluding carboxylic acids is 6. The molecule has 6 aliphatic rings. The number of nitrogens with zero attached hydrogens (tertiary/aromatic N) is 6. The molecule has 0 radical (unpaired) electrons. The largest absolute Gasteiger partial charge is 0.344 e. The van der Waals surface area contributed by atoms with Crippen LogP contribution in [-0.2, 0) is 101 Å². The molecule has 0 spiro atoms. The number of benzene rings is 4. The molecule has 0 saturated carbocycles. The summed E-state index contributed by atoms with van der Waals surface area (Å²) in [6, 6.07) is 18.3. The molecule has 10 rings (SSSR count). The quantitative estimate of drug-likeness (QED) is 0.0142. The van der Waals surface area contributed by atoms with Gasteiger partial charge in [0.15, 0.2) is 11.4 Å². The molecule has 4 aromatic carbocycles. The van der Waals surface area contributed by atoms with E-state index >= 15 is 0 Å². The fourth-order valence-electron chi connectivity index (χ4n) is 14.3. The number of hydroxylamine groups is 4. The van der Waals surface area contributed by atoms with Crippen LogP contribution in [0.5, 0.6) is 0 Å². The van der Waals surface area contributed by atoms with E-state index in [-0.39, 0.29) is 58.1 Å². The van der Waals surface area contributed by atoms with Gasteiger partial charge in [0.2, 0.25) is 11.4 Å². The highest BCUT2D eigenvalue weighted by molar-refractivity contribution is 7.86. The van der Waals surface area contributed by atoms with Gasteiger partial charge in [-0.1, -0.05) is 76.3 Å². The zero-order chi connectivity index (χ0) is 77.9. The van der Waals surface area contributed by atoms with E-state index in [1.807, 2.05) is 142 Å². The predicted molar refractivity (Wildman–Crippen MR) is 396 cm³/mol. The molecule has 0 bridgehead atoms. The Hall–Kier alpha value is -9.14. The number of unbranched alkanes of at least 4 members (excludes halogenated alkanes) is 4. The Labute approximate surface area is 619 Å². The van der Waals surface area contributed by atoms with E-state index in [0.29, 0.717) is 74.8 Å². The van der Waals surface area contributed by atoms with E-state index in [9.17, 15) is 80.6 Å². The second kappa shape index (κ2) is 31.7. The minimum Gasteiger partial charge on any atom is -0.344 e. The van der Waals surface area contributed by atoms with Crippen LogP contribution in [0.1, 0.15) is 169 Å². The monoisotopic (exact) mass is 1530 g/mol. The fourth-order valence-corrected chi connectivity index (χ4v) is 16.3. The minimum absolute atomic E-state index is 0.0272. The van der Waals surface area contributed by atoms with Crippen LogP contribution < -0.4 is 9.80 Å². The number of allylic oxidation sites excluding steroid dienone is 14. The molecule has 4 aromatic rings. The van der Waals surface area contributed by atoms with Gasteiger partial charge < -0.3 is 19.5 Å². The standard InChI is InChI=1S/C39H45N3O10S2.C37H43N3O10S2/c1-6-40-31-20-18-27(53(46,47)48)25-29(31)38(2,3)33(40)15-11-8-7-9-12-16-34-39(4,5)30-26-28(54(49,50)51)19-21-32(30)41(34)24-14-10-13-17-37(45)52-42-35(43)22-23-36(42)44;1-6-38-29-18-16-25(51(44,45)46)23-27(29)36(2,3)31(38)13-9-7-10-14-32-37(4,5)28-24-26(52(47,48)49)17-19-30(28)39(32)22-12-8-11-15-35(43)50-40-33(41)20-21-34(40)42/h7-9,11-12,15-16,18-21,25-26H,6,10,13-14,17,22-24H2,1-5H3,(H-,46,47,48,49,50,51);7,9-10,13-14,16-19,23-24H,6,8,11-12,15,20-22H2,1-5H3,(H-,44,45,46,47,48,49)/p+2. The average Bonchev–Trinajstić information content (AvgIpc) is 1.61. The molecule has 566 valence electrons. The molecule has 0 aromatic heterocycles. The smallest absolute Gasteiger partial charge is 0.333 e. The molecule has 26 nitrogen and oxygen atoms in total. The highest BCUT2D eigenvalue weighted by Crippen LogP contribution is 2.50. The van der Waals surface area contributed by atoms with Crippen LogP contribution in [-0.4, -0.2) is 144 Å². The van der Waals surface area contributed by atoms with Gasteiger partial charge in [-0.05, 0) is 151 Å². The van der Waals surface area contributed by atoms with Gasteiger partial charge in [-0.3, -0.25) is 37.4 Å². The van der Waals surface area contributed by atoms with Crippen LogP contribution in [0.2, 0.25) is 0 Å². The maximum Gasteiger partial charge on any atom is 0.333 e. The van der Waals surface area contributed by atoms with Crippen molar-refractivity contribution in [2.24, 2.45) is 0 Å². The van der Waals surface area contributed by atoms with Crippen LogP contribution in [0.25, 0.3) is 0 Å². The number of hydrogen-bond donors (Lipinski definition) is 4. The lowest BCUT2D eigenvalue weighted by atomic mass is 9.81. The van der Waals surface area contributed by atoms with Crippen molar-refractivity contribution in [3.8, 4) is 0 Å². The number of amides is 4. The average molecular weight is 1540 g/mol. The van der Waals surface area contributed by atoms with E-state index in [2.05, 4.69) is 19.0 Å². The first-order chi connectivity index (χ1) is 49.6. The van der Waals surface area contributed by atoms with Gasteiger partial charge in [0.1, 0.15) is 13.1 Å². The van der Waals surface area contributed by atoms with Crippen LogP contribution in [0.3, 0.4) is 0 Å². The van der Waals surface area contributed by atoms with Crippen LogP contribution in [0.15, 0.2) is 177 Å². The van der Waals surface area contributed by atoms with E-state index < -0.39 is 97.7 Å². The van der Waals surface area contributed by atoms with Crippen molar-refractivity contribution in [2.45, 2.75) is 188 Å². The lowest BCUT2D eigenvalue weighted by Crippen LogP contribution is -2.31. The van der Waals surface area contributed by atoms with Crippen LogP contribution >= 0.6 is 0 Å². The number of rotatable bonds is 27. The number of anilines is 2. The summed E-state index contributed by atoms with van der Waals surface area (Å²) < 4.78 is 138. The van der Waals surface area contributed by atoms with Gasteiger partial charge in [0.25, 0.3) is 64.1 Å². The topological polar surface area (TPSA) is 357 Å². The predicted octanol–water partition coefficient (Wildman–Crippen LogP) is 11.6. The van der Waals surface area contributed by atoms with Gasteiger partial charge in [0, 0.05) is 133 Å². The second-order valence-electron chi connectivity index (χ2n) is 28.4. The van der Waals surface area contributed by atoms with Gasteiger partial charge >= 0.3 is 11.9 Å². The Balaban J connectivity index is 0.000000245. The summed E-state index contributed by atoms with van der Waals surface area (Å²) in [4.78, 5) is 84.9. The van der Waals surface area contributed by atoms with Gasteiger partial charge in [-0.15, -0.1) is 10.1 Å². The molecule has 0 unspecified atom stereocenters. The number of hydrogen-bond acceptors (Lipinski definition) is 18. The molecule has 4 N–H and O–H groups in total. The SMILES string of the molecule is CCN1C(=CC=CC=CC2=[N+](CCCCCC(=O)ON3C(=O)CCC3=O)c3ccc(S(=O)(=O)O)cc3C2(C)C)C(C)(C)c2cc(S(=O)(=O)O)ccc21.CCN1C(=CC=CC=CC=CC2=[N+](CCCCCC(=O)ON3C(=O)CCC3=O)c3ccc(S(=O)(=O)O)cc3C2(C)C)C(C)(C)c2cc(S(=O)(=O)O)ccc21. The molecule has 0 aliphatic carbocycles. The minimum atomic E-state index is -4.44. The van der Waals surface area contributed by atoms with Crippen molar-refractivity contribution >= 4 is 110 Å². The molecule has 4 amide bonds. The normalized spacial score (nSPS) is 19.0. The summed E-state index contributed by atoms with van der Waals surface area (Å²) in [7, 11) is -17.6. The molecule has 106 heavy (non-hydrogen) atoms. The third kappa shape index (κ3) is 17.4.